The largest absolute Gasteiger partial charge is 0.0780 e. The first-order valence-electron chi connectivity index (χ1n) is 8.50. The molecule has 2 heteroatoms. The van der Waals surface area contributed by atoms with Crippen molar-refractivity contribution in [1.29, 1.82) is 0 Å². The van der Waals surface area contributed by atoms with Crippen LogP contribution in [0.25, 0.3) is 0 Å². The molecule has 0 aliphatic rings. The molecule has 0 aliphatic carbocycles. The molecule has 0 aliphatic heterocycles. The van der Waals surface area contributed by atoms with Crippen molar-refractivity contribution in [3.63, 3.8) is 0 Å². The highest BCUT2D eigenvalue weighted by molar-refractivity contribution is 7.62. The van der Waals surface area contributed by atoms with Gasteiger partial charge in [0.25, 0.3) is 0 Å². The van der Waals surface area contributed by atoms with Gasteiger partial charge in [-0.1, -0.05) is 119 Å². The molecule has 0 heterocycles. The minimum Gasteiger partial charge on any atom is -0.0780 e. The monoisotopic (exact) mass is 338 g/mol. The van der Waals surface area contributed by atoms with Crippen molar-refractivity contribution in [1.82, 2.24) is 0 Å². The van der Waals surface area contributed by atoms with Crippen LogP contribution in [0.4, 0.5) is 0 Å². The topological polar surface area (TPSA) is 0 Å². The molecule has 0 amide bonds. The second-order valence-corrected chi connectivity index (χ2v) is 13.2. The summed E-state index contributed by atoms with van der Waals surface area (Å²) >= 11 is 0. The van der Waals surface area contributed by atoms with E-state index in [0.717, 1.165) is 22.6 Å². The molecule has 0 atom stereocenters. The van der Waals surface area contributed by atoms with Crippen molar-refractivity contribution in [2.24, 2.45) is 0 Å². The molecule has 0 N–H and O–H groups in total. The molecular weight excluding hydrogens is 302 g/mol. The van der Waals surface area contributed by atoms with Gasteiger partial charge in [-0.2, -0.15) is 0 Å². The van der Waals surface area contributed by atoms with E-state index in [1.807, 2.05) is 0 Å². The zero-order chi connectivity index (χ0) is 17.1. The van der Waals surface area contributed by atoms with Crippen LogP contribution in [0, 0.1) is 0 Å². The van der Waals surface area contributed by atoms with Crippen molar-refractivity contribution < 1.29 is 0 Å². The summed E-state index contributed by atoms with van der Waals surface area (Å²) in [4.78, 5) is 0. The molecule has 0 fully saturated rings. The Morgan fingerprint density at radius 2 is 0.636 bits per heavy atom. The van der Waals surface area contributed by atoms with Crippen molar-refractivity contribution in [2.45, 2.75) is 78.0 Å². The van der Waals surface area contributed by atoms with Crippen LogP contribution in [0.1, 0.15) is 55.4 Å². The van der Waals surface area contributed by atoms with Crippen LogP contribution in [0.3, 0.4) is 0 Å². The summed E-state index contributed by atoms with van der Waals surface area (Å²) in [7, 11) is 0.00626. The normalized spacial score (nSPS) is 14.3. The van der Waals surface area contributed by atoms with Gasteiger partial charge in [0.2, 0.25) is 0 Å². The van der Waals surface area contributed by atoms with Crippen molar-refractivity contribution in [3.05, 3.63) is 48.1 Å². The van der Waals surface area contributed by atoms with Gasteiger partial charge in [-0.3, -0.25) is 0 Å². The number of allylic oxidation sites excluding steroid dienone is 6. The zero-order valence-corrected chi connectivity index (χ0v) is 17.6. The molecule has 0 aromatic carbocycles. The van der Waals surface area contributed by atoms with Crippen LogP contribution < -0.4 is 0 Å². The van der Waals surface area contributed by atoms with Gasteiger partial charge < -0.3 is 0 Å². The summed E-state index contributed by atoms with van der Waals surface area (Å²) in [6, 6.07) is 0. The molecule has 0 nitrogen and oxygen atoms in total. The Balaban J connectivity index is 4.38. The number of rotatable bonds is 9. The van der Waals surface area contributed by atoms with Gasteiger partial charge in [0, 0.05) is 0 Å². The minimum absolute atomic E-state index is 0.00313. The van der Waals surface area contributed by atoms with E-state index in [4.69, 9.17) is 0 Å². The molecule has 0 aromatic rings. The summed E-state index contributed by atoms with van der Waals surface area (Å²) in [6.07, 6.45) is 13.0. The Bertz CT molecular complexity index is 331. The van der Waals surface area contributed by atoms with E-state index >= 15 is 0 Å². The van der Waals surface area contributed by atoms with Crippen LogP contribution in [0.15, 0.2) is 48.1 Å². The molecule has 126 valence electrons. The van der Waals surface area contributed by atoms with Crippen LogP contribution >= 0.6 is 15.8 Å². The molecular formula is C20H36P2. The Labute approximate surface area is 142 Å². The predicted octanol–water partition coefficient (Wildman–Crippen LogP) is 7.72. The van der Waals surface area contributed by atoms with Crippen LogP contribution in [0.2, 0.25) is 0 Å². The number of hydrogen-bond donors (Lipinski definition) is 0. The van der Waals surface area contributed by atoms with E-state index in [1.165, 1.54) is 0 Å². The molecule has 0 saturated carbocycles. The summed E-state index contributed by atoms with van der Waals surface area (Å²) in [5.74, 6) is 4.81. The third kappa shape index (κ3) is 9.76. The Morgan fingerprint density at radius 1 is 0.409 bits per heavy atom. The maximum absolute atomic E-state index is 2.40. The van der Waals surface area contributed by atoms with Crippen molar-refractivity contribution >= 4 is 15.8 Å². The van der Waals surface area contributed by atoms with E-state index in [-0.39, 0.29) is 15.8 Å². The molecule has 0 unspecified atom stereocenters. The lowest BCUT2D eigenvalue weighted by Gasteiger charge is -2.21. The van der Waals surface area contributed by atoms with E-state index in [1.54, 1.807) is 0 Å². The lowest BCUT2D eigenvalue weighted by molar-refractivity contribution is 1.02. The molecule has 22 heavy (non-hydrogen) atoms. The summed E-state index contributed by atoms with van der Waals surface area (Å²) in [5.41, 5.74) is 3.07. The number of hydrogen-bond acceptors (Lipinski definition) is 0. The van der Waals surface area contributed by atoms with Crippen LogP contribution in [0.5, 0.6) is 0 Å². The second-order valence-electron chi connectivity index (χ2n) is 6.72. The summed E-state index contributed by atoms with van der Waals surface area (Å²) in [5, 5.41) is 0. The van der Waals surface area contributed by atoms with Crippen LogP contribution in [-0.4, -0.2) is 22.6 Å². The van der Waals surface area contributed by atoms with E-state index in [2.05, 4.69) is 103 Å². The quantitative estimate of drug-likeness (QED) is 0.298. The van der Waals surface area contributed by atoms with E-state index in [9.17, 15) is 0 Å². The average Bonchev–Trinajstić information content (AvgIpc) is 2.38. The molecule has 0 radical (unpaired) electrons. The maximum atomic E-state index is 2.40. The highest BCUT2D eigenvalue weighted by Gasteiger charge is 2.12. The van der Waals surface area contributed by atoms with Gasteiger partial charge in [0.15, 0.2) is 0 Å². The maximum Gasteiger partial charge on any atom is -0.0229 e. The first-order chi connectivity index (χ1) is 10.3. The van der Waals surface area contributed by atoms with E-state index < -0.39 is 0 Å². The third-order valence-corrected chi connectivity index (χ3v) is 9.26. The van der Waals surface area contributed by atoms with Gasteiger partial charge in [-0.05, 0) is 22.6 Å². The highest BCUT2D eigenvalue weighted by atomic mass is 31.1. The molecule has 0 bridgehead atoms. The van der Waals surface area contributed by atoms with Gasteiger partial charge in [0.05, 0.1) is 0 Å². The average molecular weight is 338 g/mol. The summed E-state index contributed by atoms with van der Waals surface area (Å²) < 4.78 is 0. The fourth-order valence-corrected chi connectivity index (χ4v) is 6.79. The standard InChI is InChI=1S/C20H36P2/c1-17(2)21(18(3)4)15-13-11-9-10-12-14-16-22(19(5)6)20(7)8/h9-20H,1-8H3/b11-9-,12-10-,15-13+,16-14+. The molecule has 0 spiro atoms. The lowest BCUT2D eigenvalue weighted by Crippen LogP contribution is -2.00. The van der Waals surface area contributed by atoms with Gasteiger partial charge >= 0.3 is 0 Å². The second kappa shape index (κ2) is 12.3. The third-order valence-electron chi connectivity index (χ3n) is 3.46. The Kier molecular flexibility index (Phi) is 12.2. The smallest absolute Gasteiger partial charge is 0.0229 e. The van der Waals surface area contributed by atoms with Crippen LogP contribution in [-0.2, 0) is 0 Å². The first-order valence-corrected chi connectivity index (χ1v) is 11.6. The molecule has 0 rings (SSSR count). The van der Waals surface area contributed by atoms with Crippen molar-refractivity contribution in [3.8, 4) is 0 Å². The highest BCUT2D eigenvalue weighted by Crippen LogP contribution is 2.47. The fourth-order valence-electron chi connectivity index (χ4n) is 2.44. The minimum atomic E-state index is 0.00313. The van der Waals surface area contributed by atoms with Gasteiger partial charge in [-0.15, -0.1) is 0 Å². The first kappa shape index (κ1) is 21.8. The lowest BCUT2D eigenvalue weighted by atomic mass is 10.4. The Hall–Kier alpha value is -0.180. The molecule has 0 saturated heterocycles. The predicted molar refractivity (Wildman–Crippen MR) is 111 cm³/mol. The van der Waals surface area contributed by atoms with E-state index in [0.29, 0.717) is 0 Å². The van der Waals surface area contributed by atoms with Gasteiger partial charge in [0.1, 0.15) is 0 Å². The summed E-state index contributed by atoms with van der Waals surface area (Å²) in [6.45, 7) is 18.6. The zero-order valence-electron chi connectivity index (χ0n) is 15.8. The SMILES string of the molecule is CC(C)P(/C=C/C=C\C=C/C=C/P(C(C)C)C(C)C)C(C)C. The fraction of sp³-hybridized carbons (Fsp3) is 0.600. The molecule has 0 aromatic heterocycles. The van der Waals surface area contributed by atoms with Gasteiger partial charge in [-0.25, -0.2) is 0 Å². The Morgan fingerprint density at radius 3 is 0.864 bits per heavy atom. The van der Waals surface area contributed by atoms with Crippen molar-refractivity contribution in [2.75, 3.05) is 0 Å².